The van der Waals surface area contributed by atoms with Crippen LogP contribution in [0.4, 0.5) is 0 Å². The largest absolute Gasteiger partial charge is 0.298 e. The van der Waals surface area contributed by atoms with Gasteiger partial charge in [-0.3, -0.25) is 5.32 Å². The monoisotopic (exact) mass is 183 g/mol. The van der Waals surface area contributed by atoms with Crippen LogP contribution in [-0.4, -0.2) is 18.8 Å². The Hall–Kier alpha value is -0.0800. The first-order valence-corrected chi connectivity index (χ1v) is 5.79. The van der Waals surface area contributed by atoms with Crippen molar-refractivity contribution in [3.05, 3.63) is 0 Å². The molecule has 1 aliphatic rings. The van der Waals surface area contributed by atoms with Crippen LogP contribution in [0.2, 0.25) is 0 Å². The number of hydrogen-bond acceptors (Lipinski definition) is 1. The second kappa shape index (κ2) is 6.39. The molecule has 1 heterocycles. The maximum atomic E-state index is 4.53. The van der Waals surface area contributed by atoms with Gasteiger partial charge in [-0.05, 0) is 25.7 Å². The first-order valence-electron chi connectivity index (χ1n) is 5.79. The fourth-order valence-electron chi connectivity index (χ4n) is 2.04. The molecule has 1 radical (unpaired) electrons. The minimum Gasteiger partial charge on any atom is -0.298 e. The topological polar surface area (TPSA) is 26.1 Å². The predicted octanol–water partition coefficient (Wildman–Crippen LogP) is 2.27. The van der Waals surface area contributed by atoms with Crippen LogP contribution in [-0.2, 0) is 0 Å². The van der Waals surface area contributed by atoms with E-state index < -0.39 is 0 Å². The molecule has 0 amide bonds. The predicted molar refractivity (Wildman–Crippen MR) is 56.8 cm³/mol. The van der Waals surface area contributed by atoms with Crippen molar-refractivity contribution in [1.82, 2.24) is 10.6 Å². The van der Waals surface area contributed by atoms with Crippen molar-refractivity contribution in [2.45, 2.75) is 64.6 Å². The van der Waals surface area contributed by atoms with E-state index in [0.29, 0.717) is 12.2 Å². The van der Waals surface area contributed by atoms with Crippen LogP contribution in [0.3, 0.4) is 0 Å². The van der Waals surface area contributed by atoms with Gasteiger partial charge in [0.05, 0.1) is 6.17 Å². The molecular weight excluding hydrogens is 160 g/mol. The van der Waals surface area contributed by atoms with Gasteiger partial charge < -0.3 is 0 Å². The fraction of sp³-hybridized carbons (Fsp3) is 1.00. The highest BCUT2D eigenvalue weighted by Crippen LogP contribution is 2.10. The highest BCUT2D eigenvalue weighted by Gasteiger charge is 2.18. The van der Waals surface area contributed by atoms with Crippen molar-refractivity contribution in [3.63, 3.8) is 0 Å². The highest BCUT2D eigenvalue weighted by atomic mass is 15.1. The van der Waals surface area contributed by atoms with Gasteiger partial charge in [0.25, 0.3) is 0 Å². The van der Waals surface area contributed by atoms with Gasteiger partial charge in [0.2, 0.25) is 0 Å². The van der Waals surface area contributed by atoms with E-state index >= 15 is 0 Å². The molecule has 2 nitrogen and oxygen atoms in total. The van der Waals surface area contributed by atoms with E-state index in [1.54, 1.807) is 0 Å². The molecule has 0 bridgehead atoms. The van der Waals surface area contributed by atoms with Crippen LogP contribution in [0.25, 0.3) is 0 Å². The molecular formula is C11H23N2. The molecule has 1 unspecified atom stereocenters. The van der Waals surface area contributed by atoms with Crippen molar-refractivity contribution in [2.75, 3.05) is 6.54 Å². The minimum absolute atomic E-state index is 0.475. The average molecular weight is 183 g/mol. The number of hydrogen-bond donors (Lipinski definition) is 1. The van der Waals surface area contributed by atoms with E-state index in [0.717, 1.165) is 6.54 Å². The summed E-state index contributed by atoms with van der Waals surface area (Å²) in [6.45, 7) is 5.59. The van der Waals surface area contributed by atoms with E-state index in [4.69, 9.17) is 0 Å². The molecule has 1 saturated heterocycles. The van der Waals surface area contributed by atoms with Crippen molar-refractivity contribution < 1.29 is 0 Å². The fourth-order valence-corrected chi connectivity index (χ4v) is 2.04. The summed E-state index contributed by atoms with van der Waals surface area (Å²) in [7, 11) is 0. The van der Waals surface area contributed by atoms with Gasteiger partial charge in [-0.2, -0.15) is 0 Å². The number of rotatable bonds is 6. The molecule has 1 rings (SSSR count). The lowest BCUT2D eigenvalue weighted by atomic mass is 10.1. The molecule has 1 fully saturated rings. The Morgan fingerprint density at radius 3 is 2.46 bits per heavy atom. The molecule has 1 N–H and O–H groups in total. The number of nitrogens with zero attached hydrogens (tertiary/aromatic N) is 1. The van der Waals surface area contributed by atoms with Gasteiger partial charge in [0, 0.05) is 12.6 Å². The van der Waals surface area contributed by atoms with Gasteiger partial charge in [-0.15, -0.1) is 0 Å². The maximum absolute atomic E-state index is 4.53. The summed E-state index contributed by atoms with van der Waals surface area (Å²) >= 11 is 0. The summed E-state index contributed by atoms with van der Waals surface area (Å²) in [4.78, 5) is 0. The lowest BCUT2D eigenvalue weighted by Gasteiger charge is -2.21. The molecule has 0 saturated carbocycles. The summed E-state index contributed by atoms with van der Waals surface area (Å²) in [5.41, 5.74) is 0. The standard InChI is InChI=1S/C11H23N2/c1-3-6-10(7-4-2)13-11-8-5-9-12-11/h10-11,13H,3-9H2,1-2H3. The lowest BCUT2D eigenvalue weighted by Crippen LogP contribution is -2.40. The zero-order valence-electron chi connectivity index (χ0n) is 9.05. The lowest BCUT2D eigenvalue weighted by molar-refractivity contribution is 0.364. The van der Waals surface area contributed by atoms with E-state index in [1.165, 1.54) is 38.5 Å². The molecule has 0 aromatic heterocycles. The molecule has 2 heteroatoms. The summed E-state index contributed by atoms with van der Waals surface area (Å²) < 4.78 is 0. The number of nitrogens with one attached hydrogen (secondary N) is 1. The second-order valence-electron chi connectivity index (χ2n) is 4.01. The third-order valence-corrected chi connectivity index (χ3v) is 2.69. The van der Waals surface area contributed by atoms with Crippen LogP contribution >= 0.6 is 0 Å². The molecule has 13 heavy (non-hydrogen) atoms. The van der Waals surface area contributed by atoms with Crippen LogP contribution in [0, 0.1) is 0 Å². The zero-order valence-corrected chi connectivity index (χ0v) is 9.05. The Kier molecular flexibility index (Phi) is 5.40. The summed E-state index contributed by atoms with van der Waals surface area (Å²) in [6, 6.07) is 0.710. The normalized spacial score (nSPS) is 22.8. The Bertz CT molecular complexity index is 113. The Morgan fingerprint density at radius 1 is 1.31 bits per heavy atom. The van der Waals surface area contributed by atoms with E-state index in [1.807, 2.05) is 0 Å². The zero-order chi connectivity index (χ0) is 9.52. The third-order valence-electron chi connectivity index (χ3n) is 2.69. The Balaban J connectivity index is 2.19. The average Bonchev–Trinajstić information content (AvgIpc) is 2.58. The van der Waals surface area contributed by atoms with Crippen LogP contribution < -0.4 is 10.6 Å². The van der Waals surface area contributed by atoms with Crippen molar-refractivity contribution in [2.24, 2.45) is 0 Å². The molecule has 0 spiro atoms. The van der Waals surface area contributed by atoms with Crippen LogP contribution in [0.5, 0.6) is 0 Å². The summed E-state index contributed by atoms with van der Waals surface area (Å²) in [5, 5.41) is 8.18. The van der Waals surface area contributed by atoms with Gasteiger partial charge in [-0.25, -0.2) is 5.32 Å². The van der Waals surface area contributed by atoms with Crippen LogP contribution in [0.1, 0.15) is 52.4 Å². The molecule has 77 valence electrons. The van der Waals surface area contributed by atoms with Crippen molar-refractivity contribution in [3.8, 4) is 0 Å². The van der Waals surface area contributed by atoms with Crippen molar-refractivity contribution >= 4 is 0 Å². The first kappa shape index (κ1) is 11.0. The van der Waals surface area contributed by atoms with E-state index in [9.17, 15) is 0 Å². The molecule has 1 atom stereocenters. The summed E-state index contributed by atoms with van der Waals surface area (Å²) in [5.74, 6) is 0. The third kappa shape index (κ3) is 4.10. The minimum atomic E-state index is 0.475. The smallest absolute Gasteiger partial charge is 0.0738 e. The van der Waals surface area contributed by atoms with Gasteiger partial charge in [0.1, 0.15) is 0 Å². The quantitative estimate of drug-likeness (QED) is 0.671. The molecule has 0 aromatic carbocycles. The maximum Gasteiger partial charge on any atom is 0.0738 e. The second-order valence-corrected chi connectivity index (χ2v) is 4.01. The van der Waals surface area contributed by atoms with E-state index in [2.05, 4.69) is 24.5 Å². The van der Waals surface area contributed by atoms with E-state index in [-0.39, 0.29) is 0 Å². The highest BCUT2D eigenvalue weighted by molar-refractivity contribution is 4.76. The molecule has 0 aromatic rings. The molecule has 0 aliphatic carbocycles. The SMILES string of the molecule is CCCC(CCC)NC1CCC[N]1. The summed E-state index contributed by atoms with van der Waals surface area (Å²) in [6.07, 6.45) is 8.18. The first-order chi connectivity index (χ1) is 6.36. The van der Waals surface area contributed by atoms with Gasteiger partial charge in [-0.1, -0.05) is 26.7 Å². The van der Waals surface area contributed by atoms with Crippen molar-refractivity contribution in [1.29, 1.82) is 0 Å². The van der Waals surface area contributed by atoms with Crippen LogP contribution in [0.15, 0.2) is 0 Å². The molecule has 1 aliphatic heterocycles. The van der Waals surface area contributed by atoms with Gasteiger partial charge >= 0.3 is 0 Å². The Labute approximate surface area is 82.5 Å². The Morgan fingerprint density at radius 2 is 2.00 bits per heavy atom. The van der Waals surface area contributed by atoms with Gasteiger partial charge in [0.15, 0.2) is 0 Å².